The number of carbonyl (C=O) groups is 1. The molecule has 0 bridgehead atoms. The van der Waals surface area contributed by atoms with Crippen molar-refractivity contribution in [1.29, 1.82) is 0 Å². The minimum atomic E-state index is -3.77. The first-order chi connectivity index (χ1) is 7.47. The number of rotatable bonds is 4. The Morgan fingerprint density at radius 1 is 1.56 bits per heavy atom. The molecular formula is C9H12N2O4S. The summed E-state index contributed by atoms with van der Waals surface area (Å²) in [5.41, 5.74) is 0.102. The number of hydrogen-bond donors (Lipinski definition) is 2. The lowest BCUT2D eigenvalue weighted by molar-refractivity contribution is 0.0480. The third kappa shape index (κ3) is 2.61. The van der Waals surface area contributed by atoms with Crippen molar-refractivity contribution in [3.05, 3.63) is 18.0 Å². The number of nitrogens with one attached hydrogen (secondary N) is 1. The number of aromatic nitrogens is 1. The van der Waals surface area contributed by atoms with Crippen LogP contribution in [0.5, 0.6) is 0 Å². The average molecular weight is 244 g/mol. The number of primary sulfonamides is 1. The molecule has 0 saturated heterocycles. The van der Waals surface area contributed by atoms with Crippen molar-refractivity contribution in [2.45, 2.75) is 17.7 Å². The van der Waals surface area contributed by atoms with Crippen molar-refractivity contribution < 1.29 is 17.9 Å². The van der Waals surface area contributed by atoms with Gasteiger partial charge in [0.2, 0.25) is 10.0 Å². The molecule has 1 aliphatic carbocycles. The summed E-state index contributed by atoms with van der Waals surface area (Å²) in [6, 6.07) is 1.17. The number of carbonyl (C=O) groups excluding carboxylic acids is 1. The van der Waals surface area contributed by atoms with E-state index in [1.807, 2.05) is 0 Å². The van der Waals surface area contributed by atoms with Gasteiger partial charge in [0, 0.05) is 6.20 Å². The van der Waals surface area contributed by atoms with Crippen LogP contribution in [0.3, 0.4) is 0 Å². The molecule has 0 radical (unpaired) electrons. The highest BCUT2D eigenvalue weighted by atomic mass is 32.2. The second-order valence-corrected chi connectivity index (χ2v) is 5.40. The summed E-state index contributed by atoms with van der Waals surface area (Å²) < 4.78 is 26.9. The Morgan fingerprint density at radius 2 is 2.25 bits per heavy atom. The minimum Gasteiger partial charge on any atom is -0.461 e. The number of sulfonamides is 1. The fourth-order valence-corrected chi connectivity index (χ4v) is 1.72. The summed E-state index contributed by atoms with van der Waals surface area (Å²) >= 11 is 0. The van der Waals surface area contributed by atoms with Crippen molar-refractivity contribution in [3.63, 3.8) is 0 Å². The summed E-state index contributed by atoms with van der Waals surface area (Å²) in [7, 11) is -3.77. The first-order valence-electron chi connectivity index (χ1n) is 4.85. The molecule has 7 heteroatoms. The number of hydrogen-bond acceptors (Lipinski definition) is 4. The molecular weight excluding hydrogens is 232 g/mol. The van der Waals surface area contributed by atoms with Crippen molar-refractivity contribution >= 4 is 16.0 Å². The van der Waals surface area contributed by atoms with Crippen molar-refractivity contribution in [1.82, 2.24) is 4.98 Å². The van der Waals surface area contributed by atoms with E-state index in [2.05, 4.69) is 4.98 Å². The highest BCUT2D eigenvalue weighted by Crippen LogP contribution is 2.29. The van der Waals surface area contributed by atoms with Gasteiger partial charge in [-0.3, -0.25) is 0 Å². The molecule has 0 aliphatic heterocycles. The number of H-pyrrole nitrogens is 1. The number of ether oxygens (including phenoxy) is 1. The van der Waals surface area contributed by atoms with Gasteiger partial charge in [-0.05, 0) is 24.8 Å². The molecule has 1 fully saturated rings. The molecule has 88 valence electrons. The standard InChI is InChI=1S/C9H12N2O4S/c10-16(13,14)7-3-8(11-4-7)9(12)15-5-6-1-2-6/h3-4,6,11H,1-2,5H2,(H2,10,13,14). The highest BCUT2D eigenvalue weighted by molar-refractivity contribution is 7.89. The lowest BCUT2D eigenvalue weighted by Gasteiger charge is -2.00. The zero-order chi connectivity index (χ0) is 11.8. The zero-order valence-electron chi connectivity index (χ0n) is 8.47. The fourth-order valence-electron chi connectivity index (χ4n) is 1.21. The van der Waals surface area contributed by atoms with Gasteiger partial charge in [-0.1, -0.05) is 0 Å². The van der Waals surface area contributed by atoms with E-state index in [1.54, 1.807) is 0 Å². The van der Waals surface area contributed by atoms with Gasteiger partial charge in [-0.25, -0.2) is 18.4 Å². The van der Waals surface area contributed by atoms with Gasteiger partial charge in [0.15, 0.2) is 0 Å². The van der Waals surface area contributed by atoms with Crippen LogP contribution in [0, 0.1) is 5.92 Å². The van der Waals surface area contributed by atoms with E-state index in [9.17, 15) is 13.2 Å². The molecule has 0 amide bonds. The van der Waals surface area contributed by atoms with Gasteiger partial charge in [0.1, 0.15) is 10.6 Å². The predicted molar refractivity (Wildman–Crippen MR) is 55.2 cm³/mol. The molecule has 0 unspecified atom stereocenters. The van der Waals surface area contributed by atoms with E-state index in [1.165, 1.54) is 12.3 Å². The van der Waals surface area contributed by atoms with Crippen LogP contribution in [-0.4, -0.2) is 26.0 Å². The quantitative estimate of drug-likeness (QED) is 0.740. The molecule has 0 spiro atoms. The number of esters is 1. The lowest BCUT2D eigenvalue weighted by Crippen LogP contribution is -2.11. The maximum Gasteiger partial charge on any atom is 0.354 e. The molecule has 1 heterocycles. The maximum absolute atomic E-state index is 11.4. The molecule has 1 saturated carbocycles. The molecule has 16 heavy (non-hydrogen) atoms. The average Bonchev–Trinajstić information content (AvgIpc) is 2.86. The Bertz CT molecular complexity index is 501. The summed E-state index contributed by atoms with van der Waals surface area (Å²) in [6.45, 7) is 0.391. The summed E-state index contributed by atoms with van der Waals surface area (Å²) in [4.78, 5) is 13.8. The first-order valence-corrected chi connectivity index (χ1v) is 6.40. The normalized spacial score (nSPS) is 16.1. The molecule has 6 nitrogen and oxygen atoms in total. The van der Waals surface area contributed by atoms with E-state index in [0.717, 1.165) is 12.8 Å². The summed E-state index contributed by atoms with van der Waals surface area (Å²) in [5, 5.41) is 4.90. The van der Waals surface area contributed by atoms with Crippen LogP contribution < -0.4 is 5.14 Å². The Kier molecular flexibility index (Phi) is 2.73. The molecule has 0 aromatic carbocycles. The van der Waals surface area contributed by atoms with Gasteiger partial charge in [0.25, 0.3) is 0 Å². The second kappa shape index (κ2) is 3.91. The van der Waals surface area contributed by atoms with E-state index in [4.69, 9.17) is 9.88 Å². The Balaban J connectivity index is 2.02. The van der Waals surface area contributed by atoms with E-state index < -0.39 is 16.0 Å². The summed E-state index contributed by atoms with van der Waals surface area (Å²) in [5.74, 6) is -0.0848. The van der Waals surface area contributed by atoms with Gasteiger partial charge in [-0.15, -0.1) is 0 Å². The molecule has 1 aliphatic rings. The smallest absolute Gasteiger partial charge is 0.354 e. The summed E-state index contributed by atoms with van der Waals surface area (Å²) in [6.07, 6.45) is 3.34. The Morgan fingerprint density at radius 3 is 2.75 bits per heavy atom. The monoisotopic (exact) mass is 244 g/mol. The van der Waals surface area contributed by atoms with Crippen molar-refractivity contribution in [2.75, 3.05) is 6.61 Å². The van der Waals surface area contributed by atoms with E-state index >= 15 is 0 Å². The topological polar surface area (TPSA) is 102 Å². The van der Waals surface area contributed by atoms with Crippen LogP contribution in [0.1, 0.15) is 23.3 Å². The van der Waals surface area contributed by atoms with Crippen LogP contribution in [0.2, 0.25) is 0 Å². The largest absolute Gasteiger partial charge is 0.461 e. The Hall–Kier alpha value is -1.34. The van der Waals surface area contributed by atoms with E-state index in [-0.39, 0.29) is 10.6 Å². The predicted octanol–water partition coefficient (Wildman–Crippen LogP) is 0.229. The maximum atomic E-state index is 11.4. The van der Waals surface area contributed by atoms with Crippen LogP contribution in [-0.2, 0) is 14.8 Å². The Labute approximate surface area is 92.8 Å². The second-order valence-electron chi connectivity index (χ2n) is 3.84. The molecule has 1 aromatic rings. The lowest BCUT2D eigenvalue weighted by atomic mass is 10.4. The first kappa shape index (κ1) is 11.2. The third-order valence-electron chi connectivity index (χ3n) is 2.35. The van der Waals surface area contributed by atoms with Gasteiger partial charge < -0.3 is 9.72 Å². The zero-order valence-corrected chi connectivity index (χ0v) is 9.29. The van der Waals surface area contributed by atoms with Gasteiger partial charge in [-0.2, -0.15) is 0 Å². The number of nitrogens with two attached hydrogens (primary N) is 1. The fraction of sp³-hybridized carbons (Fsp3) is 0.444. The molecule has 3 N–H and O–H groups in total. The molecule has 0 atom stereocenters. The van der Waals surface area contributed by atoms with Gasteiger partial charge >= 0.3 is 5.97 Å². The van der Waals surface area contributed by atoms with E-state index in [0.29, 0.717) is 12.5 Å². The van der Waals surface area contributed by atoms with Gasteiger partial charge in [0.05, 0.1) is 6.61 Å². The van der Waals surface area contributed by atoms with Crippen LogP contribution >= 0.6 is 0 Å². The SMILES string of the molecule is NS(=O)(=O)c1c[nH]c(C(=O)OCC2CC2)c1. The minimum absolute atomic E-state index is 0.102. The van der Waals surface area contributed by atoms with Crippen LogP contribution in [0.15, 0.2) is 17.2 Å². The van der Waals surface area contributed by atoms with Crippen molar-refractivity contribution in [2.24, 2.45) is 11.1 Å². The van der Waals surface area contributed by atoms with Crippen LogP contribution in [0.25, 0.3) is 0 Å². The number of aromatic amines is 1. The molecule has 2 rings (SSSR count). The van der Waals surface area contributed by atoms with Crippen molar-refractivity contribution in [3.8, 4) is 0 Å². The van der Waals surface area contributed by atoms with Crippen LogP contribution in [0.4, 0.5) is 0 Å². The molecule has 1 aromatic heterocycles. The highest BCUT2D eigenvalue weighted by Gasteiger charge is 2.24. The third-order valence-corrected chi connectivity index (χ3v) is 3.24.